The molecule has 0 aliphatic carbocycles. The summed E-state index contributed by atoms with van der Waals surface area (Å²) in [5.74, 6) is -0.722. The summed E-state index contributed by atoms with van der Waals surface area (Å²) in [7, 11) is 0. The minimum atomic E-state index is -0.480. The molecule has 112 valence electrons. The summed E-state index contributed by atoms with van der Waals surface area (Å²) < 4.78 is 0. The van der Waals surface area contributed by atoms with E-state index in [1.54, 1.807) is 29.2 Å². The fraction of sp³-hybridized carbons (Fsp3) is 0.400. The van der Waals surface area contributed by atoms with Gasteiger partial charge in [0.1, 0.15) is 0 Å². The van der Waals surface area contributed by atoms with Crippen LogP contribution in [0.1, 0.15) is 20.3 Å². The summed E-state index contributed by atoms with van der Waals surface area (Å²) in [6, 6.07) is 6.96. The number of carbonyl (C=O) groups excluding carboxylic acids is 3. The molecule has 1 aliphatic heterocycles. The monoisotopic (exact) mass is 308 g/mol. The number of benzene rings is 1. The van der Waals surface area contributed by atoms with Crippen LogP contribution in [0, 0.1) is 11.8 Å². The lowest BCUT2D eigenvalue weighted by Crippen LogP contribution is -2.25. The predicted molar refractivity (Wildman–Crippen MR) is 81.2 cm³/mol. The molecule has 21 heavy (non-hydrogen) atoms. The normalized spacial score (nSPS) is 18.2. The first-order valence-electron chi connectivity index (χ1n) is 6.79. The van der Waals surface area contributed by atoms with Crippen molar-refractivity contribution in [3.8, 4) is 0 Å². The summed E-state index contributed by atoms with van der Waals surface area (Å²) >= 11 is 5.45. The Bertz CT molecular complexity index is 569. The Hall–Kier alpha value is -1.88. The predicted octanol–water partition coefficient (Wildman–Crippen LogP) is 2.40. The van der Waals surface area contributed by atoms with Crippen LogP contribution in [0.2, 0.25) is 0 Å². The van der Waals surface area contributed by atoms with E-state index in [2.05, 4.69) is 5.32 Å². The van der Waals surface area contributed by atoms with Crippen molar-refractivity contribution in [2.24, 2.45) is 11.8 Å². The second-order valence-electron chi connectivity index (χ2n) is 5.40. The first kappa shape index (κ1) is 15.5. The van der Waals surface area contributed by atoms with E-state index >= 15 is 0 Å². The molecule has 1 aromatic rings. The Balaban J connectivity index is 2.07. The van der Waals surface area contributed by atoms with Gasteiger partial charge < -0.3 is 10.2 Å². The average Bonchev–Trinajstić information content (AvgIpc) is 2.82. The molecule has 0 spiro atoms. The third-order valence-corrected chi connectivity index (χ3v) is 3.73. The third-order valence-electron chi connectivity index (χ3n) is 3.42. The zero-order valence-electron chi connectivity index (χ0n) is 11.9. The number of anilines is 2. The topological polar surface area (TPSA) is 66.5 Å². The molecule has 2 amide bonds. The molecule has 1 fully saturated rings. The number of carbonyl (C=O) groups is 3. The quantitative estimate of drug-likeness (QED) is 0.869. The summed E-state index contributed by atoms with van der Waals surface area (Å²) in [6.45, 7) is 3.94. The fourth-order valence-electron chi connectivity index (χ4n) is 2.12. The van der Waals surface area contributed by atoms with E-state index in [1.165, 1.54) is 0 Å². The van der Waals surface area contributed by atoms with E-state index in [1.807, 2.05) is 13.8 Å². The van der Waals surface area contributed by atoms with Gasteiger partial charge in [0, 0.05) is 30.3 Å². The van der Waals surface area contributed by atoms with Gasteiger partial charge >= 0.3 is 0 Å². The summed E-state index contributed by atoms with van der Waals surface area (Å²) in [4.78, 5) is 36.2. The highest BCUT2D eigenvalue weighted by atomic mass is 35.5. The van der Waals surface area contributed by atoms with Crippen LogP contribution in [-0.2, 0) is 14.4 Å². The minimum Gasteiger partial charge on any atom is -0.326 e. The van der Waals surface area contributed by atoms with Crippen LogP contribution in [0.5, 0.6) is 0 Å². The Morgan fingerprint density at radius 2 is 1.90 bits per heavy atom. The van der Waals surface area contributed by atoms with Crippen LogP contribution in [0.15, 0.2) is 24.3 Å². The second-order valence-corrected chi connectivity index (χ2v) is 5.77. The molecule has 6 heteroatoms. The van der Waals surface area contributed by atoms with Crippen molar-refractivity contribution < 1.29 is 14.4 Å². The number of nitrogens with one attached hydrogen (secondary N) is 1. The van der Waals surface area contributed by atoms with Crippen molar-refractivity contribution in [3.63, 3.8) is 0 Å². The first-order chi connectivity index (χ1) is 9.88. The van der Waals surface area contributed by atoms with Crippen molar-refractivity contribution in [2.75, 3.05) is 16.8 Å². The molecule has 1 aliphatic rings. The molecule has 0 unspecified atom stereocenters. The maximum absolute atomic E-state index is 11.9. The van der Waals surface area contributed by atoms with Gasteiger partial charge in [0.15, 0.2) is 0 Å². The van der Waals surface area contributed by atoms with Gasteiger partial charge in [-0.25, -0.2) is 0 Å². The lowest BCUT2D eigenvalue weighted by atomic mass is 10.1. The Morgan fingerprint density at radius 3 is 2.38 bits per heavy atom. The zero-order valence-corrected chi connectivity index (χ0v) is 12.7. The van der Waals surface area contributed by atoms with Gasteiger partial charge in [-0.1, -0.05) is 13.8 Å². The highest BCUT2D eigenvalue weighted by molar-refractivity contribution is 6.64. The number of hydrogen-bond donors (Lipinski definition) is 1. The standard InChI is InChI=1S/C15H17ClN2O3/c1-9(2)15(21)17-11-3-5-12(6-4-11)18-8-10(14(16)20)7-13(18)19/h3-6,9-10H,7-8H2,1-2H3,(H,17,21)/t10-/m0/s1. The van der Waals surface area contributed by atoms with Gasteiger partial charge in [-0.3, -0.25) is 14.4 Å². The number of rotatable bonds is 4. The SMILES string of the molecule is CC(C)C(=O)Nc1ccc(N2C[C@@H](C(=O)Cl)CC2=O)cc1. The highest BCUT2D eigenvalue weighted by Gasteiger charge is 2.34. The number of hydrogen-bond acceptors (Lipinski definition) is 3. The maximum atomic E-state index is 11.9. The van der Waals surface area contributed by atoms with Gasteiger partial charge in [0.05, 0.1) is 5.92 Å². The van der Waals surface area contributed by atoms with Crippen LogP contribution < -0.4 is 10.2 Å². The van der Waals surface area contributed by atoms with Crippen molar-refractivity contribution in [1.29, 1.82) is 0 Å². The van der Waals surface area contributed by atoms with Crippen molar-refractivity contribution in [3.05, 3.63) is 24.3 Å². The van der Waals surface area contributed by atoms with Gasteiger partial charge in [-0.15, -0.1) is 0 Å². The van der Waals surface area contributed by atoms with Crippen LogP contribution >= 0.6 is 11.6 Å². The Labute approximate surface area is 128 Å². The smallest absolute Gasteiger partial charge is 0.227 e. The maximum Gasteiger partial charge on any atom is 0.227 e. The largest absolute Gasteiger partial charge is 0.326 e. The molecule has 2 rings (SSSR count). The number of amides is 2. The van der Waals surface area contributed by atoms with Gasteiger partial charge in [-0.05, 0) is 35.9 Å². The molecule has 0 radical (unpaired) electrons. The van der Waals surface area contributed by atoms with Crippen molar-refractivity contribution in [2.45, 2.75) is 20.3 Å². The highest BCUT2D eigenvalue weighted by Crippen LogP contribution is 2.27. The van der Waals surface area contributed by atoms with Crippen molar-refractivity contribution in [1.82, 2.24) is 0 Å². The van der Waals surface area contributed by atoms with E-state index in [0.717, 1.165) is 0 Å². The van der Waals surface area contributed by atoms with Crippen LogP contribution in [-0.4, -0.2) is 23.6 Å². The van der Waals surface area contributed by atoms with E-state index in [-0.39, 0.29) is 24.2 Å². The van der Waals surface area contributed by atoms with Gasteiger partial charge in [-0.2, -0.15) is 0 Å². The van der Waals surface area contributed by atoms with Gasteiger partial charge in [0.25, 0.3) is 0 Å². The Morgan fingerprint density at radius 1 is 1.29 bits per heavy atom. The molecule has 1 heterocycles. The second kappa shape index (κ2) is 6.26. The molecule has 0 aromatic heterocycles. The zero-order chi connectivity index (χ0) is 15.6. The molecule has 0 bridgehead atoms. The minimum absolute atomic E-state index is 0.0622. The molecule has 5 nitrogen and oxygen atoms in total. The van der Waals surface area contributed by atoms with E-state index in [9.17, 15) is 14.4 Å². The number of halogens is 1. The lowest BCUT2D eigenvalue weighted by molar-refractivity contribution is -0.120. The summed E-state index contributed by atoms with van der Waals surface area (Å²) in [5, 5.41) is 2.30. The lowest BCUT2D eigenvalue weighted by Gasteiger charge is -2.17. The molecule has 0 saturated carbocycles. The molecule has 1 aromatic carbocycles. The average molecular weight is 309 g/mol. The first-order valence-corrected chi connectivity index (χ1v) is 7.17. The molecular weight excluding hydrogens is 292 g/mol. The van der Waals surface area contributed by atoms with E-state index in [0.29, 0.717) is 17.9 Å². The van der Waals surface area contributed by atoms with Crippen LogP contribution in [0.4, 0.5) is 11.4 Å². The molecule has 1 saturated heterocycles. The number of nitrogens with zero attached hydrogens (tertiary/aromatic N) is 1. The molecule has 1 atom stereocenters. The third kappa shape index (κ3) is 3.61. The fourth-order valence-corrected chi connectivity index (χ4v) is 2.27. The van der Waals surface area contributed by atoms with Crippen LogP contribution in [0.25, 0.3) is 0 Å². The van der Waals surface area contributed by atoms with Crippen LogP contribution in [0.3, 0.4) is 0 Å². The molecule has 1 N–H and O–H groups in total. The van der Waals surface area contributed by atoms with Crippen molar-refractivity contribution >= 4 is 40.0 Å². The summed E-state index contributed by atoms with van der Waals surface area (Å²) in [6.07, 6.45) is 0.147. The Kier molecular flexibility index (Phi) is 4.63. The molecular formula is C15H17ClN2O3. The van der Waals surface area contributed by atoms with Gasteiger partial charge in [0.2, 0.25) is 17.1 Å². The van der Waals surface area contributed by atoms with E-state index < -0.39 is 11.2 Å². The summed E-state index contributed by atoms with van der Waals surface area (Å²) in [5.41, 5.74) is 1.37. The van der Waals surface area contributed by atoms with E-state index in [4.69, 9.17) is 11.6 Å².